The highest BCUT2D eigenvalue weighted by Crippen LogP contribution is 2.15. The standard InChI is InChI=1S/C8H7N5O/c9-3-6(4-14)7-8-12-11-5-13(8)2-1-10-7/h1-2,5-6,14H,4H2. The predicted molar refractivity (Wildman–Crippen MR) is 46.2 cm³/mol. The highest BCUT2D eigenvalue weighted by atomic mass is 16.3. The van der Waals surface area contributed by atoms with Crippen LogP contribution in [-0.4, -0.2) is 31.3 Å². The molecule has 70 valence electrons. The molecule has 2 aromatic heterocycles. The summed E-state index contributed by atoms with van der Waals surface area (Å²) in [5.74, 6) is -0.650. The minimum absolute atomic E-state index is 0.268. The van der Waals surface area contributed by atoms with Gasteiger partial charge in [-0.15, -0.1) is 10.2 Å². The van der Waals surface area contributed by atoms with Gasteiger partial charge in [0.05, 0.1) is 12.7 Å². The molecule has 0 aromatic carbocycles. The number of nitrogens with zero attached hydrogens (tertiary/aromatic N) is 5. The Morgan fingerprint density at radius 2 is 2.50 bits per heavy atom. The van der Waals surface area contributed by atoms with Gasteiger partial charge in [0.25, 0.3) is 0 Å². The zero-order valence-electron chi connectivity index (χ0n) is 7.20. The van der Waals surface area contributed by atoms with Crippen LogP contribution in [0, 0.1) is 11.3 Å². The first-order valence-corrected chi connectivity index (χ1v) is 4.01. The van der Waals surface area contributed by atoms with E-state index in [0.717, 1.165) is 0 Å². The van der Waals surface area contributed by atoms with Gasteiger partial charge in [0, 0.05) is 12.4 Å². The molecule has 0 radical (unpaired) electrons. The fourth-order valence-electron chi connectivity index (χ4n) is 1.21. The summed E-state index contributed by atoms with van der Waals surface area (Å²) in [7, 11) is 0. The number of aliphatic hydroxyl groups is 1. The van der Waals surface area contributed by atoms with Crippen molar-refractivity contribution in [2.45, 2.75) is 5.92 Å². The molecule has 0 saturated heterocycles. The molecule has 6 nitrogen and oxygen atoms in total. The first-order valence-electron chi connectivity index (χ1n) is 4.01. The lowest BCUT2D eigenvalue weighted by atomic mass is 10.1. The molecule has 14 heavy (non-hydrogen) atoms. The van der Waals surface area contributed by atoms with Crippen LogP contribution in [0.4, 0.5) is 0 Å². The van der Waals surface area contributed by atoms with Gasteiger partial charge in [-0.3, -0.25) is 9.38 Å². The van der Waals surface area contributed by atoms with E-state index < -0.39 is 5.92 Å². The average Bonchev–Trinajstić information content (AvgIpc) is 2.68. The SMILES string of the molecule is N#CC(CO)c1nccn2cnnc12. The molecule has 0 aliphatic rings. The quantitative estimate of drug-likeness (QED) is 0.702. The Labute approximate surface area is 79.5 Å². The molecule has 0 aliphatic heterocycles. The second kappa shape index (κ2) is 3.40. The Bertz CT molecular complexity index is 486. The van der Waals surface area contributed by atoms with Crippen molar-refractivity contribution in [3.8, 4) is 6.07 Å². The first-order chi connectivity index (χ1) is 6.86. The molecule has 2 aromatic rings. The van der Waals surface area contributed by atoms with Crippen molar-refractivity contribution in [2.75, 3.05) is 6.61 Å². The number of aromatic nitrogens is 4. The van der Waals surface area contributed by atoms with E-state index in [4.69, 9.17) is 10.4 Å². The summed E-state index contributed by atoms with van der Waals surface area (Å²) in [6.45, 7) is -0.268. The lowest BCUT2D eigenvalue weighted by molar-refractivity contribution is 0.284. The van der Waals surface area contributed by atoms with Gasteiger partial charge in [0.2, 0.25) is 0 Å². The monoisotopic (exact) mass is 189 g/mol. The van der Waals surface area contributed by atoms with Crippen LogP contribution in [0.5, 0.6) is 0 Å². The topological polar surface area (TPSA) is 87.1 Å². The second-order valence-electron chi connectivity index (χ2n) is 2.74. The zero-order valence-corrected chi connectivity index (χ0v) is 7.20. The maximum atomic E-state index is 8.96. The number of hydrogen-bond acceptors (Lipinski definition) is 5. The van der Waals surface area contributed by atoms with Crippen LogP contribution >= 0.6 is 0 Å². The van der Waals surface area contributed by atoms with E-state index in [1.807, 2.05) is 6.07 Å². The Balaban J connectivity index is 2.62. The van der Waals surface area contributed by atoms with Crippen molar-refractivity contribution in [1.82, 2.24) is 19.6 Å². The minimum atomic E-state index is -0.650. The lowest BCUT2D eigenvalue weighted by Gasteiger charge is -2.04. The van der Waals surface area contributed by atoms with E-state index in [1.165, 1.54) is 6.33 Å². The molecule has 1 N–H and O–H groups in total. The van der Waals surface area contributed by atoms with Crippen molar-refractivity contribution < 1.29 is 5.11 Å². The third-order valence-corrected chi connectivity index (χ3v) is 1.91. The van der Waals surface area contributed by atoms with Gasteiger partial charge in [-0.25, -0.2) is 0 Å². The average molecular weight is 189 g/mol. The van der Waals surface area contributed by atoms with E-state index in [2.05, 4.69) is 15.2 Å². The molecule has 6 heteroatoms. The van der Waals surface area contributed by atoms with Gasteiger partial charge in [-0.2, -0.15) is 5.26 Å². The lowest BCUT2D eigenvalue weighted by Crippen LogP contribution is -2.06. The van der Waals surface area contributed by atoms with Crippen LogP contribution < -0.4 is 0 Å². The maximum Gasteiger partial charge on any atom is 0.183 e. The molecule has 0 fully saturated rings. The Morgan fingerprint density at radius 3 is 3.21 bits per heavy atom. The number of rotatable bonds is 2. The van der Waals surface area contributed by atoms with Crippen LogP contribution in [-0.2, 0) is 0 Å². The molecule has 0 spiro atoms. The van der Waals surface area contributed by atoms with Crippen molar-refractivity contribution in [1.29, 1.82) is 5.26 Å². The zero-order chi connectivity index (χ0) is 9.97. The van der Waals surface area contributed by atoms with E-state index in [1.54, 1.807) is 16.8 Å². The van der Waals surface area contributed by atoms with Crippen molar-refractivity contribution >= 4 is 5.65 Å². The Morgan fingerprint density at radius 1 is 1.64 bits per heavy atom. The molecule has 1 atom stereocenters. The molecule has 2 rings (SSSR count). The van der Waals surface area contributed by atoms with Gasteiger partial charge < -0.3 is 5.11 Å². The number of hydrogen-bond donors (Lipinski definition) is 1. The van der Waals surface area contributed by atoms with Crippen LogP contribution in [0.15, 0.2) is 18.7 Å². The van der Waals surface area contributed by atoms with Crippen LogP contribution in [0.2, 0.25) is 0 Å². The van der Waals surface area contributed by atoms with Gasteiger partial charge in [-0.05, 0) is 0 Å². The van der Waals surface area contributed by atoms with E-state index in [-0.39, 0.29) is 6.61 Å². The Hall–Kier alpha value is -2.00. The molecule has 1 unspecified atom stereocenters. The molecule has 0 amide bonds. The predicted octanol–water partition coefficient (Wildman–Crippen LogP) is -0.276. The van der Waals surface area contributed by atoms with Gasteiger partial charge in [0.15, 0.2) is 5.65 Å². The minimum Gasteiger partial charge on any atom is -0.395 e. The highest BCUT2D eigenvalue weighted by Gasteiger charge is 2.15. The van der Waals surface area contributed by atoms with Crippen molar-refractivity contribution in [3.05, 3.63) is 24.4 Å². The third-order valence-electron chi connectivity index (χ3n) is 1.91. The summed E-state index contributed by atoms with van der Waals surface area (Å²) < 4.78 is 1.66. The van der Waals surface area contributed by atoms with Gasteiger partial charge >= 0.3 is 0 Å². The molecule has 0 bridgehead atoms. The largest absolute Gasteiger partial charge is 0.395 e. The fraction of sp³-hybridized carbons (Fsp3) is 0.250. The van der Waals surface area contributed by atoms with E-state index >= 15 is 0 Å². The number of aliphatic hydroxyl groups excluding tert-OH is 1. The van der Waals surface area contributed by atoms with Crippen LogP contribution in [0.3, 0.4) is 0 Å². The van der Waals surface area contributed by atoms with E-state index in [0.29, 0.717) is 11.3 Å². The number of fused-ring (bicyclic) bond motifs is 1. The first kappa shape index (κ1) is 8.59. The summed E-state index contributed by atoms with van der Waals surface area (Å²) in [6, 6.07) is 1.96. The highest BCUT2D eigenvalue weighted by molar-refractivity contribution is 5.45. The molecular weight excluding hydrogens is 182 g/mol. The molecule has 2 heterocycles. The summed E-state index contributed by atoms with van der Waals surface area (Å²) in [5, 5.41) is 25.2. The molecular formula is C8H7N5O. The summed E-state index contributed by atoms with van der Waals surface area (Å²) in [4.78, 5) is 4.02. The summed E-state index contributed by atoms with van der Waals surface area (Å²) >= 11 is 0. The third kappa shape index (κ3) is 1.20. The summed E-state index contributed by atoms with van der Waals surface area (Å²) in [5.41, 5.74) is 0.961. The second-order valence-corrected chi connectivity index (χ2v) is 2.74. The number of nitriles is 1. The Kier molecular flexibility index (Phi) is 2.08. The van der Waals surface area contributed by atoms with Crippen LogP contribution in [0.1, 0.15) is 11.6 Å². The van der Waals surface area contributed by atoms with Crippen molar-refractivity contribution in [2.24, 2.45) is 0 Å². The van der Waals surface area contributed by atoms with E-state index in [9.17, 15) is 0 Å². The van der Waals surface area contributed by atoms with Gasteiger partial charge in [0.1, 0.15) is 17.9 Å². The molecule has 0 saturated carbocycles. The van der Waals surface area contributed by atoms with Crippen LogP contribution in [0.25, 0.3) is 5.65 Å². The normalized spacial score (nSPS) is 12.6. The van der Waals surface area contributed by atoms with Gasteiger partial charge in [-0.1, -0.05) is 0 Å². The van der Waals surface area contributed by atoms with Crippen molar-refractivity contribution in [3.63, 3.8) is 0 Å². The maximum absolute atomic E-state index is 8.96. The molecule has 0 aliphatic carbocycles. The fourth-order valence-corrected chi connectivity index (χ4v) is 1.21. The smallest absolute Gasteiger partial charge is 0.183 e. The summed E-state index contributed by atoms with van der Waals surface area (Å²) in [6.07, 6.45) is 4.75.